The Kier molecular flexibility index (Phi) is 5.37. The second-order valence-electron chi connectivity index (χ2n) is 8.04. The Balaban J connectivity index is 1.59. The van der Waals surface area contributed by atoms with E-state index in [1.165, 1.54) is 41.4 Å². The number of aromatic nitrogens is 1. The standard InChI is InChI=1S/C25H18N4O5S/c1-14-8-3-5-11-18(14)28(25-26-17-10-4-6-13-20(17)35-25)22(30)15(2)27-23(31)16-9-7-12-19(29(33)34)21(16)24(27)32/h3-13,15H,1-2H3. The first kappa shape index (κ1) is 22.4. The molecular weight excluding hydrogens is 468 g/mol. The molecule has 0 fully saturated rings. The largest absolute Gasteiger partial charge is 0.282 e. The Bertz CT molecular complexity index is 1510. The van der Waals surface area contributed by atoms with Gasteiger partial charge in [0.25, 0.3) is 23.4 Å². The third kappa shape index (κ3) is 3.55. The molecule has 0 radical (unpaired) electrons. The molecule has 1 atom stereocenters. The second-order valence-corrected chi connectivity index (χ2v) is 9.05. The smallest absolute Gasteiger partial charge is 0.272 e. The van der Waals surface area contributed by atoms with E-state index in [-0.39, 0.29) is 11.1 Å². The Labute approximate surface area is 203 Å². The number of nitro groups is 1. The summed E-state index contributed by atoms with van der Waals surface area (Å²) in [6.45, 7) is 3.29. The summed E-state index contributed by atoms with van der Waals surface area (Å²) in [5.41, 5.74) is 1.21. The maximum Gasteiger partial charge on any atom is 0.282 e. The van der Waals surface area contributed by atoms with E-state index in [0.29, 0.717) is 16.3 Å². The highest BCUT2D eigenvalue weighted by molar-refractivity contribution is 7.22. The maximum absolute atomic E-state index is 13.9. The summed E-state index contributed by atoms with van der Waals surface area (Å²) >= 11 is 1.31. The highest BCUT2D eigenvalue weighted by atomic mass is 32.1. The van der Waals surface area contributed by atoms with Gasteiger partial charge in [0.15, 0.2) is 5.13 Å². The highest BCUT2D eigenvalue weighted by Crippen LogP contribution is 2.37. The summed E-state index contributed by atoms with van der Waals surface area (Å²) < 4.78 is 0.873. The minimum absolute atomic E-state index is 0.0914. The molecule has 3 aromatic carbocycles. The third-order valence-electron chi connectivity index (χ3n) is 5.92. The maximum atomic E-state index is 13.9. The van der Waals surface area contributed by atoms with Crippen molar-refractivity contribution in [2.24, 2.45) is 0 Å². The summed E-state index contributed by atoms with van der Waals surface area (Å²) in [5.74, 6) is -2.17. The molecule has 10 heteroatoms. The van der Waals surface area contributed by atoms with Crippen LogP contribution in [0.15, 0.2) is 66.7 Å². The van der Waals surface area contributed by atoms with Crippen molar-refractivity contribution in [2.45, 2.75) is 19.9 Å². The van der Waals surface area contributed by atoms with Crippen LogP contribution in [-0.4, -0.2) is 38.6 Å². The number of thiazole rings is 1. The quantitative estimate of drug-likeness (QED) is 0.226. The zero-order chi connectivity index (χ0) is 24.9. The van der Waals surface area contributed by atoms with Crippen LogP contribution in [0.5, 0.6) is 0 Å². The first-order valence-electron chi connectivity index (χ1n) is 10.7. The van der Waals surface area contributed by atoms with Gasteiger partial charge in [-0.2, -0.15) is 0 Å². The number of rotatable bonds is 5. The number of para-hydroxylation sites is 2. The van der Waals surface area contributed by atoms with E-state index < -0.39 is 34.4 Å². The van der Waals surface area contributed by atoms with E-state index in [1.807, 2.05) is 43.3 Å². The number of hydrogen-bond donors (Lipinski definition) is 0. The SMILES string of the molecule is Cc1ccccc1N(C(=O)C(C)N1C(=O)c2cccc([N+](=O)[O-])c2C1=O)c1nc2ccccc2s1. The van der Waals surface area contributed by atoms with Gasteiger partial charge >= 0.3 is 0 Å². The fourth-order valence-corrected chi connectivity index (χ4v) is 5.16. The van der Waals surface area contributed by atoms with Crippen molar-refractivity contribution in [3.8, 4) is 0 Å². The van der Waals surface area contributed by atoms with Gasteiger partial charge in [-0.15, -0.1) is 0 Å². The Morgan fingerprint density at radius 3 is 2.46 bits per heavy atom. The molecule has 1 aliphatic heterocycles. The molecule has 35 heavy (non-hydrogen) atoms. The monoisotopic (exact) mass is 486 g/mol. The first-order valence-corrected chi connectivity index (χ1v) is 11.5. The van der Waals surface area contributed by atoms with Gasteiger partial charge in [0.05, 0.1) is 26.4 Å². The fraction of sp³-hybridized carbons (Fsp3) is 0.120. The summed E-state index contributed by atoms with van der Waals surface area (Å²) in [7, 11) is 0. The van der Waals surface area contributed by atoms with Crippen LogP contribution < -0.4 is 4.90 Å². The van der Waals surface area contributed by atoms with Crippen LogP contribution in [-0.2, 0) is 4.79 Å². The van der Waals surface area contributed by atoms with Gasteiger partial charge in [-0.3, -0.25) is 34.3 Å². The van der Waals surface area contributed by atoms with Crippen LogP contribution in [0.2, 0.25) is 0 Å². The zero-order valence-electron chi connectivity index (χ0n) is 18.7. The molecule has 0 bridgehead atoms. The number of fused-ring (bicyclic) bond motifs is 2. The molecular formula is C25H18N4O5S. The first-order chi connectivity index (χ1) is 16.8. The van der Waals surface area contributed by atoms with Crippen molar-refractivity contribution >= 4 is 55.8 Å². The number of amides is 3. The minimum atomic E-state index is -1.24. The summed E-state index contributed by atoms with van der Waals surface area (Å²) in [5, 5.41) is 11.9. The van der Waals surface area contributed by atoms with Crippen molar-refractivity contribution in [2.75, 3.05) is 4.90 Å². The van der Waals surface area contributed by atoms with E-state index in [0.717, 1.165) is 15.2 Å². The molecule has 0 saturated carbocycles. The number of imide groups is 1. The van der Waals surface area contributed by atoms with Gasteiger partial charge in [-0.05, 0) is 43.7 Å². The summed E-state index contributed by atoms with van der Waals surface area (Å²) in [6, 6.07) is 17.3. The average Bonchev–Trinajstić information content (AvgIpc) is 3.38. The van der Waals surface area contributed by atoms with E-state index in [1.54, 1.807) is 12.1 Å². The molecule has 2 heterocycles. The average molecular weight is 487 g/mol. The number of carbonyl (C=O) groups is 3. The predicted octanol–water partition coefficient (Wildman–Crippen LogP) is 4.86. The van der Waals surface area contributed by atoms with Gasteiger partial charge in [-0.25, -0.2) is 4.98 Å². The topological polar surface area (TPSA) is 114 Å². The number of nitro benzene ring substituents is 1. The van der Waals surface area contributed by atoms with E-state index in [4.69, 9.17) is 0 Å². The van der Waals surface area contributed by atoms with Crippen molar-refractivity contribution in [3.63, 3.8) is 0 Å². The fourth-order valence-electron chi connectivity index (χ4n) is 4.17. The Morgan fingerprint density at radius 1 is 1.03 bits per heavy atom. The molecule has 1 aromatic heterocycles. The molecule has 4 aromatic rings. The zero-order valence-corrected chi connectivity index (χ0v) is 19.5. The van der Waals surface area contributed by atoms with E-state index >= 15 is 0 Å². The number of hydrogen-bond acceptors (Lipinski definition) is 7. The molecule has 5 rings (SSSR count). The Morgan fingerprint density at radius 2 is 1.74 bits per heavy atom. The van der Waals surface area contributed by atoms with Crippen LogP contribution in [0.3, 0.4) is 0 Å². The van der Waals surface area contributed by atoms with E-state index in [2.05, 4.69) is 4.98 Å². The number of nitrogens with zero attached hydrogens (tertiary/aromatic N) is 4. The van der Waals surface area contributed by atoms with Crippen LogP contribution in [0, 0.1) is 17.0 Å². The molecule has 0 aliphatic carbocycles. The number of benzene rings is 3. The van der Waals surface area contributed by atoms with Crippen molar-refractivity contribution in [3.05, 3.63) is 93.5 Å². The number of carbonyl (C=O) groups excluding carboxylic acids is 3. The van der Waals surface area contributed by atoms with Gasteiger partial charge in [0, 0.05) is 6.07 Å². The van der Waals surface area contributed by atoms with Crippen molar-refractivity contribution in [1.82, 2.24) is 9.88 Å². The lowest BCUT2D eigenvalue weighted by molar-refractivity contribution is -0.385. The van der Waals surface area contributed by atoms with Crippen LogP contribution in [0.1, 0.15) is 33.2 Å². The highest BCUT2D eigenvalue weighted by Gasteiger charge is 2.46. The van der Waals surface area contributed by atoms with Crippen LogP contribution >= 0.6 is 11.3 Å². The minimum Gasteiger partial charge on any atom is -0.272 e. The lowest BCUT2D eigenvalue weighted by Gasteiger charge is -2.28. The molecule has 174 valence electrons. The number of anilines is 2. The lowest BCUT2D eigenvalue weighted by atomic mass is 10.1. The second kappa shape index (κ2) is 8.41. The Hall–Kier alpha value is -4.44. The van der Waals surface area contributed by atoms with Gasteiger partial charge in [-0.1, -0.05) is 47.7 Å². The third-order valence-corrected chi connectivity index (χ3v) is 6.94. The number of aryl methyl sites for hydroxylation is 1. The van der Waals surface area contributed by atoms with E-state index in [9.17, 15) is 24.5 Å². The predicted molar refractivity (Wildman–Crippen MR) is 131 cm³/mol. The van der Waals surface area contributed by atoms with Gasteiger partial charge < -0.3 is 0 Å². The van der Waals surface area contributed by atoms with Crippen molar-refractivity contribution < 1.29 is 19.3 Å². The van der Waals surface area contributed by atoms with Crippen LogP contribution in [0.25, 0.3) is 10.2 Å². The molecule has 0 saturated heterocycles. The molecule has 3 amide bonds. The van der Waals surface area contributed by atoms with Crippen LogP contribution in [0.4, 0.5) is 16.5 Å². The van der Waals surface area contributed by atoms with Gasteiger partial charge in [0.2, 0.25) is 0 Å². The lowest BCUT2D eigenvalue weighted by Crippen LogP contribution is -2.48. The summed E-state index contributed by atoms with van der Waals surface area (Å²) in [4.78, 5) is 57.8. The molecule has 9 nitrogen and oxygen atoms in total. The van der Waals surface area contributed by atoms with Gasteiger partial charge in [0.1, 0.15) is 11.6 Å². The van der Waals surface area contributed by atoms with Crippen molar-refractivity contribution in [1.29, 1.82) is 0 Å². The molecule has 0 N–H and O–H groups in total. The summed E-state index contributed by atoms with van der Waals surface area (Å²) in [6.07, 6.45) is 0. The molecule has 1 unspecified atom stereocenters. The normalized spacial score (nSPS) is 13.7. The molecule has 0 spiro atoms. The molecule has 1 aliphatic rings.